The predicted molar refractivity (Wildman–Crippen MR) is 69.5 cm³/mol. The average Bonchev–Trinajstić information content (AvgIpc) is 2.62. The molecule has 5 heteroatoms. The molecule has 0 amide bonds. The number of nitrogens with zero attached hydrogens (tertiary/aromatic N) is 3. The van der Waals surface area contributed by atoms with Crippen LogP contribution in [0, 0.1) is 6.92 Å². The van der Waals surface area contributed by atoms with Crippen LogP contribution in [-0.2, 0) is 6.54 Å². The van der Waals surface area contributed by atoms with Crippen molar-refractivity contribution in [2.24, 2.45) is 0 Å². The van der Waals surface area contributed by atoms with E-state index < -0.39 is 0 Å². The molecule has 0 spiro atoms. The molecule has 0 fully saturated rings. The maximum Gasteiger partial charge on any atom is 0.126 e. The van der Waals surface area contributed by atoms with Crippen LogP contribution in [0.25, 0.3) is 0 Å². The Morgan fingerprint density at radius 1 is 1.41 bits per heavy atom. The Morgan fingerprint density at radius 3 is 2.88 bits per heavy atom. The van der Waals surface area contributed by atoms with Gasteiger partial charge < -0.3 is 5.32 Å². The predicted octanol–water partition coefficient (Wildman–Crippen LogP) is 2.72. The van der Waals surface area contributed by atoms with E-state index in [2.05, 4.69) is 15.4 Å². The molecule has 2 rings (SSSR count). The van der Waals surface area contributed by atoms with Gasteiger partial charge in [-0.1, -0.05) is 17.7 Å². The summed E-state index contributed by atoms with van der Waals surface area (Å²) in [5.41, 5.74) is 1.92. The van der Waals surface area contributed by atoms with Crippen molar-refractivity contribution in [3.05, 3.63) is 40.8 Å². The van der Waals surface area contributed by atoms with E-state index in [9.17, 15) is 0 Å². The van der Waals surface area contributed by atoms with Crippen molar-refractivity contribution < 1.29 is 0 Å². The number of hydrogen-bond acceptors (Lipinski definition) is 3. The number of pyridine rings is 1. The molecule has 0 atom stereocenters. The Balaban J connectivity index is 2.18. The minimum absolute atomic E-state index is 0.637. The van der Waals surface area contributed by atoms with Crippen molar-refractivity contribution >= 4 is 17.4 Å². The number of aromatic nitrogens is 3. The van der Waals surface area contributed by atoms with E-state index in [1.54, 1.807) is 6.20 Å². The lowest BCUT2D eigenvalue weighted by molar-refractivity contribution is 0.653. The van der Waals surface area contributed by atoms with E-state index in [1.807, 2.05) is 36.7 Å². The van der Waals surface area contributed by atoms with E-state index >= 15 is 0 Å². The van der Waals surface area contributed by atoms with Gasteiger partial charge in [0.25, 0.3) is 0 Å². The second-order valence-electron chi connectivity index (χ2n) is 3.78. The van der Waals surface area contributed by atoms with Gasteiger partial charge in [-0.25, -0.2) is 4.98 Å². The molecule has 0 saturated heterocycles. The van der Waals surface area contributed by atoms with E-state index in [4.69, 9.17) is 11.6 Å². The molecule has 2 aromatic rings. The molecule has 17 heavy (non-hydrogen) atoms. The van der Waals surface area contributed by atoms with Gasteiger partial charge in [0.1, 0.15) is 5.82 Å². The fraction of sp³-hybridized carbons (Fsp3) is 0.333. The highest BCUT2D eigenvalue weighted by molar-refractivity contribution is 6.31. The molecular formula is C12H15ClN4. The summed E-state index contributed by atoms with van der Waals surface area (Å²) in [6.07, 6.45) is 1.66. The van der Waals surface area contributed by atoms with Crippen LogP contribution in [-0.4, -0.2) is 21.3 Å². The first-order valence-electron chi connectivity index (χ1n) is 5.58. The van der Waals surface area contributed by atoms with Gasteiger partial charge in [-0.05, 0) is 26.0 Å². The Morgan fingerprint density at radius 2 is 2.24 bits per heavy atom. The molecule has 0 saturated carbocycles. The zero-order valence-electron chi connectivity index (χ0n) is 9.94. The highest BCUT2D eigenvalue weighted by Crippen LogP contribution is 2.14. The molecule has 0 unspecified atom stereocenters. The van der Waals surface area contributed by atoms with Gasteiger partial charge in [-0.15, -0.1) is 0 Å². The van der Waals surface area contributed by atoms with Crippen LogP contribution in [0.1, 0.15) is 18.3 Å². The standard InChI is InChI=1S/C12H15ClN4/c1-3-14-12-6-4-5-10(16-12)8-17-9(2)11(13)7-15-17/h4-7H,3,8H2,1-2H3,(H,14,16). The minimum atomic E-state index is 0.637. The topological polar surface area (TPSA) is 42.7 Å². The third-order valence-electron chi connectivity index (χ3n) is 2.52. The summed E-state index contributed by atoms with van der Waals surface area (Å²) in [4.78, 5) is 4.49. The van der Waals surface area contributed by atoms with Gasteiger partial charge in [0.2, 0.25) is 0 Å². The fourth-order valence-electron chi connectivity index (χ4n) is 1.58. The van der Waals surface area contributed by atoms with Crippen molar-refractivity contribution in [1.82, 2.24) is 14.8 Å². The number of anilines is 1. The molecule has 0 aliphatic heterocycles. The molecule has 2 aromatic heterocycles. The number of rotatable bonds is 4. The van der Waals surface area contributed by atoms with Crippen molar-refractivity contribution in [3.63, 3.8) is 0 Å². The lowest BCUT2D eigenvalue weighted by Crippen LogP contribution is -2.07. The van der Waals surface area contributed by atoms with Crippen LogP contribution in [0.2, 0.25) is 5.02 Å². The number of hydrogen-bond donors (Lipinski definition) is 1. The molecule has 0 aliphatic carbocycles. The van der Waals surface area contributed by atoms with Gasteiger partial charge in [-0.2, -0.15) is 5.10 Å². The summed E-state index contributed by atoms with van der Waals surface area (Å²) in [5, 5.41) is 8.09. The summed E-state index contributed by atoms with van der Waals surface area (Å²) in [6.45, 7) is 5.50. The third-order valence-corrected chi connectivity index (χ3v) is 2.89. The van der Waals surface area contributed by atoms with E-state index in [1.165, 1.54) is 0 Å². The molecule has 0 aromatic carbocycles. The largest absolute Gasteiger partial charge is 0.370 e. The highest BCUT2D eigenvalue weighted by Gasteiger charge is 2.05. The maximum absolute atomic E-state index is 5.96. The first-order chi connectivity index (χ1) is 8.20. The zero-order valence-corrected chi connectivity index (χ0v) is 10.7. The maximum atomic E-state index is 5.96. The first-order valence-corrected chi connectivity index (χ1v) is 5.96. The first kappa shape index (κ1) is 11.9. The summed E-state index contributed by atoms with van der Waals surface area (Å²) < 4.78 is 1.85. The highest BCUT2D eigenvalue weighted by atomic mass is 35.5. The van der Waals surface area contributed by atoms with Crippen LogP contribution in [0.15, 0.2) is 24.4 Å². The summed E-state index contributed by atoms with van der Waals surface area (Å²) >= 11 is 5.96. The summed E-state index contributed by atoms with van der Waals surface area (Å²) in [6, 6.07) is 5.92. The normalized spacial score (nSPS) is 10.5. The van der Waals surface area contributed by atoms with Crippen LogP contribution >= 0.6 is 11.6 Å². The monoisotopic (exact) mass is 250 g/mol. The average molecular weight is 251 g/mol. The van der Waals surface area contributed by atoms with Gasteiger partial charge in [0.05, 0.1) is 29.2 Å². The summed E-state index contributed by atoms with van der Waals surface area (Å²) in [7, 11) is 0. The zero-order chi connectivity index (χ0) is 12.3. The number of nitrogens with one attached hydrogen (secondary N) is 1. The molecule has 1 N–H and O–H groups in total. The molecule has 0 bridgehead atoms. The Bertz CT molecular complexity index is 507. The molecule has 4 nitrogen and oxygen atoms in total. The minimum Gasteiger partial charge on any atom is -0.370 e. The Kier molecular flexibility index (Phi) is 3.64. The lowest BCUT2D eigenvalue weighted by Gasteiger charge is -2.07. The van der Waals surface area contributed by atoms with Crippen LogP contribution in [0.5, 0.6) is 0 Å². The van der Waals surface area contributed by atoms with Gasteiger partial charge in [-0.3, -0.25) is 4.68 Å². The van der Waals surface area contributed by atoms with Crippen molar-refractivity contribution in [2.45, 2.75) is 20.4 Å². The summed E-state index contributed by atoms with van der Waals surface area (Å²) in [5.74, 6) is 0.890. The SMILES string of the molecule is CCNc1cccc(Cn2ncc(Cl)c2C)n1. The van der Waals surface area contributed by atoms with Crippen molar-refractivity contribution in [2.75, 3.05) is 11.9 Å². The fourth-order valence-corrected chi connectivity index (χ4v) is 1.72. The van der Waals surface area contributed by atoms with Crippen LogP contribution in [0.4, 0.5) is 5.82 Å². The smallest absolute Gasteiger partial charge is 0.126 e. The molecule has 2 heterocycles. The Hall–Kier alpha value is -1.55. The van der Waals surface area contributed by atoms with Crippen LogP contribution < -0.4 is 5.32 Å². The Labute approximate surface area is 106 Å². The third kappa shape index (κ3) is 2.77. The van der Waals surface area contributed by atoms with Gasteiger partial charge >= 0.3 is 0 Å². The molecule has 0 aliphatic rings. The van der Waals surface area contributed by atoms with Crippen LogP contribution in [0.3, 0.4) is 0 Å². The van der Waals surface area contributed by atoms with E-state index in [-0.39, 0.29) is 0 Å². The van der Waals surface area contributed by atoms with Crippen molar-refractivity contribution in [3.8, 4) is 0 Å². The van der Waals surface area contributed by atoms with E-state index in [0.717, 1.165) is 23.8 Å². The lowest BCUT2D eigenvalue weighted by atomic mass is 10.3. The molecule has 90 valence electrons. The van der Waals surface area contributed by atoms with Gasteiger partial charge in [0.15, 0.2) is 0 Å². The second kappa shape index (κ2) is 5.19. The van der Waals surface area contributed by atoms with Crippen molar-refractivity contribution in [1.29, 1.82) is 0 Å². The second-order valence-corrected chi connectivity index (χ2v) is 4.19. The van der Waals surface area contributed by atoms with E-state index in [0.29, 0.717) is 11.6 Å². The van der Waals surface area contributed by atoms with Gasteiger partial charge in [0, 0.05) is 6.54 Å². The quantitative estimate of drug-likeness (QED) is 0.907. The molecule has 0 radical (unpaired) electrons. The molecular weight excluding hydrogens is 236 g/mol. The number of halogens is 1.